The Balaban J connectivity index is 1.84. The van der Waals surface area contributed by atoms with E-state index in [-0.39, 0.29) is 21.7 Å². The molecule has 0 radical (unpaired) electrons. The van der Waals surface area contributed by atoms with Gasteiger partial charge in [-0.3, -0.25) is 0 Å². The molecular weight excluding hydrogens is 476 g/mol. The number of benzene rings is 3. The van der Waals surface area contributed by atoms with E-state index in [9.17, 15) is 8.42 Å². The minimum atomic E-state index is -3.89. The minimum Gasteiger partial charge on any atom is -0.419 e. The summed E-state index contributed by atoms with van der Waals surface area (Å²) in [7, 11) is -2.09. The van der Waals surface area contributed by atoms with Crippen molar-refractivity contribution in [2.45, 2.75) is 23.4 Å². The van der Waals surface area contributed by atoms with Gasteiger partial charge in [-0.2, -0.15) is 4.98 Å². The molecule has 1 heterocycles. The maximum Gasteiger partial charge on any atom is 0.236 e. The van der Waals surface area contributed by atoms with E-state index in [1.807, 2.05) is 61.5 Å². The quantitative estimate of drug-likeness (QED) is 0.333. The first-order chi connectivity index (χ1) is 14.9. The van der Waals surface area contributed by atoms with E-state index >= 15 is 0 Å². The van der Waals surface area contributed by atoms with Crippen LogP contribution in [0.4, 0.5) is 5.88 Å². The molecule has 0 aliphatic rings. The summed E-state index contributed by atoms with van der Waals surface area (Å²) in [5, 5.41) is -0.0912. The van der Waals surface area contributed by atoms with Gasteiger partial charge in [0.15, 0.2) is 0 Å². The maximum absolute atomic E-state index is 13.5. The maximum atomic E-state index is 13.5. The van der Waals surface area contributed by atoms with Crippen LogP contribution in [-0.2, 0) is 16.4 Å². The summed E-state index contributed by atoms with van der Waals surface area (Å²) in [6.07, 6.45) is 0. The fourth-order valence-corrected chi connectivity index (χ4v) is 4.91. The number of aromatic nitrogens is 1. The molecule has 0 bridgehead atoms. The van der Waals surface area contributed by atoms with Crippen LogP contribution in [0.5, 0.6) is 0 Å². The van der Waals surface area contributed by atoms with Crippen molar-refractivity contribution in [3.05, 3.63) is 94.5 Å². The average Bonchev–Trinajstić information content (AvgIpc) is 3.21. The van der Waals surface area contributed by atoms with Crippen LogP contribution in [0.15, 0.2) is 97.7 Å². The van der Waals surface area contributed by atoms with Crippen LogP contribution in [0.2, 0.25) is 0 Å². The molecule has 1 aromatic heterocycles. The Hall–Kier alpha value is -2.90. The molecule has 0 unspecified atom stereocenters. The van der Waals surface area contributed by atoms with Crippen molar-refractivity contribution in [3.63, 3.8) is 0 Å². The molecule has 0 aliphatic carbocycles. The summed E-state index contributed by atoms with van der Waals surface area (Å²) in [5.74, 6) is 0.494. The fraction of sp³-hybridized carbons (Fsp3) is 0.125. The summed E-state index contributed by atoms with van der Waals surface area (Å²) >= 11 is 3.35. The van der Waals surface area contributed by atoms with Crippen LogP contribution >= 0.6 is 15.9 Å². The first kappa shape index (κ1) is 21.3. The van der Waals surface area contributed by atoms with Gasteiger partial charge >= 0.3 is 0 Å². The molecule has 0 saturated heterocycles. The van der Waals surface area contributed by atoms with Crippen LogP contribution in [0, 0.1) is 6.92 Å². The van der Waals surface area contributed by atoms with Gasteiger partial charge in [-0.05, 0) is 48.4 Å². The highest BCUT2D eigenvalue weighted by Crippen LogP contribution is 2.35. The molecule has 0 fully saturated rings. The molecule has 5 nitrogen and oxygen atoms in total. The van der Waals surface area contributed by atoms with E-state index < -0.39 is 9.84 Å². The Morgan fingerprint density at radius 1 is 0.935 bits per heavy atom. The summed E-state index contributed by atoms with van der Waals surface area (Å²) in [5.41, 5.74) is 2.74. The second-order valence-corrected chi connectivity index (χ2v) is 10.0. The van der Waals surface area contributed by atoms with E-state index in [0.29, 0.717) is 6.54 Å². The van der Waals surface area contributed by atoms with E-state index in [1.165, 1.54) is 0 Å². The highest BCUT2D eigenvalue weighted by atomic mass is 79.9. The van der Waals surface area contributed by atoms with Gasteiger partial charge < -0.3 is 9.32 Å². The van der Waals surface area contributed by atoms with Crippen LogP contribution in [0.25, 0.3) is 11.5 Å². The first-order valence-electron chi connectivity index (χ1n) is 9.69. The molecular formula is C24H21BrN2O3S. The summed E-state index contributed by atoms with van der Waals surface area (Å²) in [6.45, 7) is 2.42. The van der Waals surface area contributed by atoms with Crippen molar-refractivity contribution in [2.75, 3.05) is 11.9 Å². The van der Waals surface area contributed by atoms with Crippen molar-refractivity contribution in [3.8, 4) is 11.5 Å². The largest absolute Gasteiger partial charge is 0.419 e. The predicted molar refractivity (Wildman–Crippen MR) is 125 cm³/mol. The molecule has 0 spiro atoms. The molecule has 4 rings (SSSR count). The molecule has 158 valence electrons. The number of hydrogen-bond acceptors (Lipinski definition) is 5. The van der Waals surface area contributed by atoms with Crippen molar-refractivity contribution in [1.29, 1.82) is 0 Å². The highest BCUT2D eigenvalue weighted by Gasteiger charge is 2.30. The smallest absolute Gasteiger partial charge is 0.236 e. The van der Waals surface area contributed by atoms with Gasteiger partial charge in [0.2, 0.25) is 26.6 Å². The summed E-state index contributed by atoms with van der Waals surface area (Å²) in [4.78, 5) is 6.40. The van der Waals surface area contributed by atoms with Gasteiger partial charge in [0, 0.05) is 23.6 Å². The average molecular weight is 497 g/mol. The fourth-order valence-electron chi connectivity index (χ4n) is 3.30. The molecule has 0 atom stereocenters. The molecule has 7 heteroatoms. The van der Waals surface area contributed by atoms with Gasteiger partial charge in [-0.1, -0.05) is 64.5 Å². The number of rotatable bonds is 6. The Morgan fingerprint density at radius 2 is 1.58 bits per heavy atom. The summed E-state index contributed by atoms with van der Waals surface area (Å²) < 4.78 is 33.8. The third-order valence-electron chi connectivity index (χ3n) is 4.94. The second kappa shape index (κ2) is 8.69. The number of hydrogen-bond donors (Lipinski definition) is 0. The van der Waals surface area contributed by atoms with Crippen molar-refractivity contribution in [2.24, 2.45) is 0 Å². The molecule has 0 N–H and O–H groups in total. The zero-order valence-corrected chi connectivity index (χ0v) is 19.5. The molecule has 4 aromatic rings. The van der Waals surface area contributed by atoms with Gasteiger partial charge in [-0.25, -0.2) is 8.42 Å². The molecule has 3 aromatic carbocycles. The third kappa shape index (κ3) is 4.43. The predicted octanol–water partition coefficient (Wildman–Crippen LogP) is 5.88. The number of sulfone groups is 1. The zero-order valence-electron chi connectivity index (χ0n) is 17.1. The van der Waals surface area contributed by atoms with Crippen LogP contribution < -0.4 is 4.90 Å². The lowest BCUT2D eigenvalue weighted by atomic mass is 10.1. The standard InChI is InChI=1S/C24H21BrN2O3S/c1-17-8-6-7-11-21(17)22-26-23(31(28,29)20-14-12-19(25)13-15-20)24(30-22)27(2)16-18-9-4-3-5-10-18/h3-15H,16H2,1-2H3. The number of oxazole rings is 1. The topological polar surface area (TPSA) is 63.4 Å². The van der Waals surface area contributed by atoms with Crippen molar-refractivity contribution in [1.82, 2.24) is 4.98 Å². The Labute approximate surface area is 190 Å². The Morgan fingerprint density at radius 3 is 2.26 bits per heavy atom. The van der Waals surface area contributed by atoms with Crippen LogP contribution in [0.3, 0.4) is 0 Å². The van der Waals surface area contributed by atoms with E-state index in [0.717, 1.165) is 21.2 Å². The van der Waals surface area contributed by atoms with Gasteiger partial charge in [-0.15, -0.1) is 0 Å². The highest BCUT2D eigenvalue weighted by molar-refractivity contribution is 9.10. The lowest BCUT2D eigenvalue weighted by molar-refractivity contribution is 0.553. The summed E-state index contributed by atoms with van der Waals surface area (Å²) in [6, 6.07) is 23.9. The molecule has 31 heavy (non-hydrogen) atoms. The molecule has 0 aliphatic heterocycles. The number of aryl methyl sites for hydroxylation is 1. The van der Waals surface area contributed by atoms with E-state index in [2.05, 4.69) is 20.9 Å². The first-order valence-corrected chi connectivity index (χ1v) is 12.0. The van der Waals surface area contributed by atoms with Crippen molar-refractivity contribution < 1.29 is 12.8 Å². The van der Waals surface area contributed by atoms with Gasteiger partial charge in [0.1, 0.15) is 0 Å². The van der Waals surface area contributed by atoms with Crippen LogP contribution in [0.1, 0.15) is 11.1 Å². The van der Waals surface area contributed by atoms with Gasteiger partial charge in [0.25, 0.3) is 0 Å². The third-order valence-corrected chi connectivity index (χ3v) is 7.14. The zero-order chi connectivity index (χ0) is 22.0. The lowest BCUT2D eigenvalue weighted by Crippen LogP contribution is -2.18. The number of anilines is 1. The Bertz CT molecular complexity index is 1300. The second-order valence-electron chi connectivity index (χ2n) is 7.24. The number of halogens is 1. The van der Waals surface area contributed by atoms with Crippen molar-refractivity contribution >= 4 is 31.7 Å². The number of nitrogens with zero attached hydrogens (tertiary/aromatic N) is 2. The van der Waals surface area contributed by atoms with Gasteiger partial charge in [0.05, 0.1) is 4.90 Å². The van der Waals surface area contributed by atoms with Crippen LogP contribution in [-0.4, -0.2) is 20.4 Å². The Kier molecular flexibility index (Phi) is 5.98. The van der Waals surface area contributed by atoms with E-state index in [4.69, 9.17) is 4.42 Å². The molecule has 0 amide bonds. The monoisotopic (exact) mass is 496 g/mol. The van der Waals surface area contributed by atoms with E-state index in [1.54, 1.807) is 36.2 Å². The minimum absolute atomic E-state index is 0.0912. The SMILES string of the molecule is Cc1ccccc1-c1nc(S(=O)(=O)c2ccc(Br)cc2)c(N(C)Cc2ccccc2)o1. The normalized spacial score (nSPS) is 11.5. The lowest BCUT2D eigenvalue weighted by Gasteiger charge is -2.17. The molecule has 0 saturated carbocycles.